The number of hydrogen-bond acceptors (Lipinski definition) is 4. The first-order valence-electron chi connectivity index (χ1n) is 5.93. The van der Waals surface area contributed by atoms with Gasteiger partial charge in [-0.05, 0) is 11.6 Å². The summed E-state index contributed by atoms with van der Waals surface area (Å²) in [6, 6.07) is 2.62. The summed E-state index contributed by atoms with van der Waals surface area (Å²) in [6.45, 7) is 0.766. The molecule has 8 heteroatoms. The number of nitrogens with one attached hydrogen (secondary N) is 1. The molecule has 1 aromatic rings. The summed E-state index contributed by atoms with van der Waals surface area (Å²) in [7, 11) is 0. The van der Waals surface area contributed by atoms with Gasteiger partial charge in [-0.3, -0.25) is 9.59 Å². The van der Waals surface area contributed by atoms with Gasteiger partial charge in [0.15, 0.2) is 0 Å². The summed E-state index contributed by atoms with van der Waals surface area (Å²) in [5, 5.41) is 21.6. The molecule has 1 amide bonds. The predicted octanol–water partition coefficient (Wildman–Crippen LogP) is 1.05. The average Bonchev–Trinajstić information content (AvgIpc) is 2.42. The van der Waals surface area contributed by atoms with Crippen LogP contribution in [0.2, 0.25) is 0 Å². The Morgan fingerprint density at radius 2 is 2.00 bits per heavy atom. The van der Waals surface area contributed by atoms with Gasteiger partial charge >= 0.3 is 6.18 Å². The Labute approximate surface area is 118 Å². The normalized spacial score (nSPS) is 14.4. The number of carbonyl (C=O) groups excluding carboxylic acids is 2. The van der Waals surface area contributed by atoms with Crippen molar-refractivity contribution >= 4 is 12.2 Å². The van der Waals surface area contributed by atoms with Gasteiger partial charge in [-0.1, -0.05) is 12.1 Å². The van der Waals surface area contributed by atoms with Crippen LogP contribution < -0.4 is 5.32 Å². The first-order chi connectivity index (χ1) is 9.66. The van der Waals surface area contributed by atoms with E-state index in [9.17, 15) is 33.0 Å². The highest BCUT2D eigenvalue weighted by molar-refractivity contribution is 5.75. The summed E-state index contributed by atoms with van der Waals surface area (Å²) in [5.41, 5.74) is -1.97. The second kappa shape index (κ2) is 6.68. The molecular weight excluding hydrogens is 291 g/mol. The van der Waals surface area contributed by atoms with Gasteiger partial charge in [0, 0.05) is 19.0 Å². The molecule has 0 saturated heterocycles. The van der Waals surface area contributed by atoms with Gasteiger partial charge < -0.3 is 15.5 Å². The second-order valence-corrected chi connectivity index (χ2v) is 4.41. The number of aliphatic hydroxyl groups is 2. The number of carbonyl (C=O) groups is 2. The quantitative estimate of drug-likeness (QED) is 0.710. The van der Waals surface area contributed by atoms with Crippen molar-refractivity contribution in [3.05, 3.63) is 34.9 Å². The topological polar surface area (TPSA) is 86.6 Å². The van der Waals surface area contributed by atoms with Crippen molar-refractivity contribution in [2.45, 2.75) is 25.3 Å². The van der Waals surface area contributed by atoms with E-state index >= 15 is 0 Å². The molecule has 0 heterocycles. The molecule has 1 aromatic carbocycles. The van der Waals surface area contributed by atoms with E-state index in [2.05, 4.69) is 5.32 Å². The van der Waals surface area contributed by atoms with Crippen LogP contribution in [0.3, 0.4) is 0 Å². The lowest BCUT2D eigenvalue weighted by molar-refractivity contribution is -0.140. The maximum absolute atomic E-state index is 12.9. The van der Waals surface area contributed by atoms with E-state index in [0.717, 1.165) is 12.1 Å². The van der Waals surface area contributed by atoms with Crippen LogP contribution in [0.15, 0.2) is 18.2 Å². The molecule has 0 spiro atoms. The first-order valence-corrected chi connectivity index (χ1v) is 5.93. The number of aldehydes is 1. The van der Waals surface area contributed by atoms with Gasteiger partial charge in [-0.25, -0.2) is 0 Å². The van der Waals surface area contributed by atoms with Crippen molar-refractivity contribution in [2.75, 3.05) is 6.54 Å². The third-order valence-electron chi connectivity index (χ3n) is 2.76. The smallest absolute Gasteiger partial charge is 0.388 e. The highest BCUT2D eigenvalue weighted by atomic mass is 19.4. The molecule has 116 valence electrons. The van der Waals surface area contributed by atoms with Crippen LogP contribution in [-0.4, -0.2) is 35.1 Å². The zero-order valence-electron chi connectivity index (χ0n) is 11.0. The van der Waals surface area contributed by atoms with Crippen molar-refractivity contribution in [1.29, 1.82) is 0 Å². The third kappa shape index (κ3) is 4.54. The summed E-state index contributed by atoms with van der Waals surface area (Å²) in [4.78, 5) is 21.2. The van der Waals surface area contributed by atoms with Crippen molar-refractivity contribution in [1.82, 2.24) is 5.32 Å². The van der Waals surface area contributed by atoms with E-state index in [1.807, 2.05) is 0 Å². The van der Waals surface area contributed by atoms with Gasteiger partial charge in [0.2, 0.25) is 5.91 Å². The van der Waals surface area contributed by atoms with Crippen LogP contribution in [0.4, 0.5) is 13.2 Å². The van der Waals surface area contributed by atoms with Gasteiger partial charge in [-0.2, -0.15) is 13.2 Å². The number of benzene rings is 1. The molecule has 0 aromatic heterocycles. The SMILES string of the molecule is CC(=O)NCC(O)C(O)c1ccc(C=O)cc1C(F)(F)F. The molecule has 21 heavy (non-hydrogen) atoms. The van der Waals surface area contributed by atoms with Crippen LogP contribution in [0.5, 0.6) is 0 Å². The molecule has 0 fully saturated rings. The molecule has 0 bridgehead atoms. The van der Waals surface area contributed by atoms with E-state index in [-0.39, 0.29) is 11.8 Å². The van der Waals surface area contributed by atoms with E-state index in [1.165, 1.54) is 6.92 Å². The second-order valence-electron chi connectivity index (χ2n) is 4.41. The Morgan fingerprint density at radius 3 is 2.48 bits per heavy atom. The fourth-order valence-electron chi connectivity index (χ4n) is 1.72. The molecular formula is C13H14F3NO4. The lowest BCUT2D eigenvalue weighted by Crippen LogP contribution is -2.35. The van der Waals surface area contributed by atoms with E-state index in [1.54, 1.807) is 0 Å². The van der Waals surface area contributed by atoms with Gasteiger partial charge in [0.25, 0.3) is 0 Å². The Hall–Kier alpha value is -1.93. The van der Waals surface area contributed by atoms with Gasteiger partial charge in [0.1, 0.15) is 18.5 Å². The maximum Gasteiger partial charge on any atom is 0.416 e. The highest BCUT2D eigenvalue weighted by Crippen LogP contribution is 2.36. The fourth-order valence-corrected chi connectivity index (χ4v) is 1.72. The number of amides is 1. The molecule has 2 atom stereocenters. The summed E-state index contributed by atoms with van der Waals surface area (Å²) in [5.74, 6) is -0.492. The minimum atomic E-state index is -4.79. The third-order valence-corrected chi connectivity index (χ3v) is 2.76. The molecule has 1 rings (SSSR count). The lowest BCUT2D eigenvalue weighted by atomic mass is 9.96. The molecule has 0 aliphatic heterocycles. The van der Waals surface area contributed by atoms with Crippen LogP contribution >= 0.6 is 0 Å². The Balaban J connectivity index is 3.10. The first kappa shape index (κ1) is 17.1. The molecule has 0 aliphatic rings. The van der Waals surface area contributed by atoms with Crippen molar-refractivity contribution in [3.8, 4) is 0 Å². The highest BCUT2D eigenvalue weighted by Gasteiger charge is 2.36. The standard InChI is InChI=1S/C13H14F3NO4/c1-7(19)17-5-11(20)12(21)9-3-2-8(6-18)4-10(9)13(14,15)16/h2-4,6,11-12,20-21H,5H2,1H3,(H,17,19). The maximum atomic E-state index is 12.9. The zero-order valence-corrected chi connectivity index (χ0v) is 11.0. The fraction of sp³-hybridized carbons (Fsp3) is 0.385. The molecule has 0 aliphatic carbocycles. The van der Waals surface area contributed by atoms with Crippen LogP contribution in [0.25, 0.3) is 0 Å². The molecule has 5 nitrogen and oxygen atoms in total. The van der Waals surface area contributed by atoms with Crippen molar-refractivity contribution in [3.63, 3.8) is 0 Å². The summed E-state index contributed by atoms with van der Waals surface area (Å²) < 4.78 is 38.8. The molecule has 2 unspecified atom stereocenters. The van der Waals surface area contributed by atoms with Crippen molar-refractivity contribution in [2.24, 2.45) is 0 Å². The van der Waals surface area contributed by atoms with E-state index < -0.39 is 42.0 Å². The van der Waals surface area contributed by atoms with E-state index in [0.29, 0.717) is 6.07 Å². The summed E-state index contributed by atoms with van der Waals surface area (Å²) in [6.07, 6.45) is -8.01. The van der Waals surface area contributed by atoms with Crippen molar-refractivity contribution < 1.29 is 33.0 Å². The molecule has 3 N–H and O–H groups in total. The van der Waals surface area contributed by atoms with Gasteiger partial charge in [0.05, 0.1) is 5.56 Å². The number of aliphatic hydroxyl groups excluding tert-OH is 2. The summed E-state index contributed by atoms with van der Waals surface area (Å²) >= 11 is 0. The average molecular weight is 305 g/mol. The molecule has 0 radical (unpaired) electrons. The Bertz CT molecular complexity index is 531. The van der Waals surface area contributed by atoms with Gasteiger partial charge in [-0.15, -0.1) is 0 Å². The Morgan fingerprint density at radius 1 is 1.38 bits per heavy atom. The zero-order chi connectivity index (χ0) is 16.2. The molecule has 0 saturated carbocycles. The minimum absolute atomic E-state index is 0.199. The van der Waals surface area contributed by atoms with E-state index in [4.69, 9.17) is 0 Å². The number of hydrogen-bond donors (Lipinski definition) is 3. The minimum Gasteiger partial charge on any atom is -0.388 e. The Kier molecular flexibility index (Phi) is 5.45. The van der Waals surface area contributed by atoms with Crippen LogP contribution in [0.1, 0.15) is 34.5 Å². The van der Waals surface area contributed by atoms with Crippen LogP contribution in [-0.2, 0) is 11.0 Å². The number of alkyl halides is 3. The number of rotatable bonds is 5. The lowest BCUT2D eigenvalue weighted by Gasteiger charge is -2.22. The monoisotopic (exact) mass is 305 g/mol. The van der Waals surface area contributed by atoms with Crippen LogP contribution in [0, 0.1) is 0 Å². The largest absolute Gasteiger partial charge is 0.416 e. The predicted molar refractivity (Wildman–Crippen MR) is 66.5 cm³/mol. The number of halogens is 3.